The van der Waals surface area contributed by atoms with E-state index in [1.807, 2.05) is 72.8 Å². The fraction of sp³-hybridized carbons (Fsp3) is 0.406. The van der Waals surface area contributed by atoms with Crippen LogP contribution in [0.25, 0.3) is 0 Å². The molecule has 1 aliphatic rings. The highest BCUT2D eigenvalue weighted by atomic mass is 16.5. The molecule has 0 N–H and O–H groups in total. The zero-order valence-corrected chi connectivity index (χ0v) is 22.2. The highest BCUT2D eigenvalue weighted by molar-refractivity contribution is 5.78. The molecule has 4 heteroatoms. The molecule has 0 aliphatic carbocycles. The molecule has 0 radical (unpaired) electrons. The maximum absolute atomic E-state index is 13.6. The van der Waals surface area contributed by atoms with Crippen LogP contribution in [0, 0.1) is 0 Å². The summed E-state index contributed by atoms with van der Waals surface area (Å²) in [6, 6.07) is 28.2. The Morgan fingerprint density at radius 1 is 0.833 bits per heavy atom. The van der Waals surface area contributed by atoms with E-state index in [4.69, 9.17) is 9.47 Å². The topological polar surface area (TPSA) is 38.8 Å². The Balaban J connectivity index is 1.46. The van der Waals surface area contributed by atoms with Gasteiger partial charge in [-0.05, 0) is 70.0 Å². The van der Waals surface area contributed by atoms with Crippen molar-refractivity contribution in [1.82, 2.24) is 4.90 Å². The van der Waals surface area contributed by atoms with Gasteiger partial charge in [-0.25, -0.2) is 0 Å². The van der Waals surface area contributed by atoms with Crippen molar-refractivity contribution in [3.8, 4) is 5.75 Å². The quantitative estimate of drug-likeness (QED) is 0.330. The molecule has 0 saturated carbocycles. The normalized spacial score (nSPS) is 18.4. The van der Waals surface area contributed by atoms with Gasteiger partial charge in [0.2, 0.25) is 0 Å². The summed E-state index contributed by atoms with van der Waals surface area (Å²) < 4.78 is 12.2. The molecule has 1 saturated heterocycles. The van der Waals surface area contributed by atoms with Crippen LogP contribution >= 0.6 is 0 Å². The standard InChI is InChI=1S/C32H39NO3/c1-31(2)21-28(22-32(3,4)33(31)5)36-30(34)29(26-14-10-7-11-15-26)20-24-16-18-27(19-17-24)35-23-25-12-8-6-9-13-25/h6-19,28-29H,20-23H2,1-5H3. The van der Waals surface area contributed by atoms with Gasteiger partial charge >= 0.3 is 5.97 Å². The van der Waals surface area contributed by atoms with Crippen LogP contribution in [-0.4, -0.2) is 35.1 Å². The van der Waals surface area contributed by atoms with Crippen molar-refractivity contribution >= 4 is 5.97 Å². The molecule has 4 rings (SSSR count). The summed E-state index contributed by atoms with van der Waals surface area (Å²) in [5.41, 5.74) is 3.12. The molecule has 3 aromatic rings. The van der Waals surface area contributed by atoms with E-state index in [2.05, 4.69) is 51.8 Å². The molecule has 0 aromatic heterocycles. The summed E-state index contributed by atoms with van der Waals surface area (Å²) in [5, 5.41) is 0. The summed E-state index contributed by atoms with van der Waals surface area (Å²) >= 11 is 0. The number of likely N-dealkylation sites (tertiary alicyclic amines) is 1. The van der Waals surface area contributed by atoms with Crippen LogP contribution in [0.3, 0.4) is 0 Å². The lowest BCUT2D eigenvalue weighted by Gasteiger charge is -2.53. The van der Waals surface area contributed by atoms with E-state index in [-0.39, 0.29) is 29.1 Å². The van der Waals surface area contributed by atoms with Gasteiger partial charge in [0.1, 0.15) is 18.5 Å². The SMILES string of the molecule is CN1C(C)(C)CC(OC(=O)C(Cc2ccc(OCc3ccccc3)cc2)c2ccccc2)CC1(C)C. The largest absolute Gasteiger partial charge is 0.489 e. The van der Waals surface area contributed by atoms with Crippen molar-refractivity contribution in [3.63, 3.8) is 0 Å². The molecule has 1 atom stereocenters. The smallest absolute Gasteiger partial charge is 0.314 e. The molecule has 1 unspecified atom stereocenters. The molecule has 4 nitrogen and oxygen atoms in total. The number of hydrogen-bond donors (Lipinski definition) is 0. The van der Waals surface area contributed by atoms with Crippen LogP contribution in [0.4, 0.5) is 0 Å². The summed E-state index contributed by atoms with van der Waals surface area (Å²) in [4.78, 5) is 16.0. The van der Waals surface area contributed by atoms with Gasteiger partial charge in [0.15, 0.2) is 0 Å². The molecule has 36 heavy (non-hydrogen) atoms. The Labute approximate surface area is 216 Å². The van der Waals surface area contributed by atoms with Crippen LogP contribution in [0.1, 0.15) is 63.1 Å². The third-order valence-corrected chi connectivity index (χ3v) is 7.65. The first-order valence-electron chi connectivity index (χ1n) is 12.9. The second-order valence-corrected chi connectivity index (χ2v) is 11.2. The average Bonchev–Trinajstić information content (AvgIpc) is 2.86. The summed E-state index contributed by atoms with van der Waals surface area (Å²) in [6.07, 6.45) is 2.14. The second kappa shape index (κ2) is 10.9. The Hall–Kier alpha value is -3.11. The highest BCUT2D eigenvalue weighted by Crippen LogP contribution is 2.39. The number of nitrogens with zero attached hydrogens (tertiary/aromatic N) is 1. The lowest BCUT2D eigenvalue weighted by molar-refractivity contribution is -0.160. The summed E-state index contributed by atoms with van der Waals surface area (Å²) in [5.74, 6) is 0.317. The lowest BCUT2D eigenvalue weighted by atomic mass is 9.78. The van der Waals surface area contributed by atoms with Crippen LogP contribution in [0.2, 0.25) is 0 Å². The minimum Gasteiger partial charge on any atom is -0.489 e. The van der Waals surface area contributed by atoms with Gasteiger partial charge < -0.3 is 9.47 Å². The van der Waals surface area contributed by atoms with Crippen molar-refractivity contribution in [2.24, 2.45) is 0 Å². The molecule has 0 spiro atoms. The van der Waals surface area contributed by atoms with E-state index in [1.165, 1.54) is 0 Å². The Bertz CT molecular complexity index is 1110. The maximum Gasteiger partial charge on any atom is 0.314 e. The Morgan fingerprint density at radius 3 is 1.97 bits per heavy atom. The van der Waals surface area contributed by atoms with Gasteiger partial charge in [-0.15, -0.1) is 0 Å². The van der Waals surface area contributed by atoms with Gasteiger partial charge in [0.25, 0.3) is 0 Å². The molecule has 1 aliphatic heterocycles. The van der Waals surface area contributed by atoms with Gasteiger partial charge in [-0.3, -0.25) is 9.69 Å². The van der Waals surface area contributed by atoms with Gasteiger partial charge in [0.05, 0.1) is 5.92 Å². The fourth-order valence-electron chi connectivity index (χ4n) is 5.33. The third kappa shape index (κ3) is 6.36. The van der Waals surface area contributed by atoms with E-state index in [0.29, 0.717) is 13.0 Å². The summed E-state index contributed by atoms with van der Waals surface area (Å²) in [7, 11) is 2.16. The van der Waals surface area contributed by atoms with Crippen molar-refractivity contribution in [1.29, 1.82) is 0 Å². The number of carbonyl (C=O) groups is 1. The summed E-state index contributed by atoms with van der Waals surface area (Å²) in [6.45, 7) is 9.44. The zero-order valence-electron chi connectivity index (χ0n) is 22.2. The van der Waals surface area contributed by atoms with Crippen LogP contribution in [0.5, 0.6) is 5.75 Å². The molecule has 0 amide bonds. The minimum atomic E-state index is -0.354. The van der Waals surface area contributed by atoms with Crippen molar-refractivity contribution < 1.29 is 14.3 Å². The first-order chi connectivity index (χ1) is 17.1. The number of esters is 1. The lowest BCUT2D eigenvalue weighted by Crippen LogP contribution is -2.60. The molecule has 1 fully saturated rings. The molecular formula is C32H39NO3. The van der Waals surface area contributed by atoms with E-state index in [1.54, 1.807) is 0 Å². The Morgan fingerprint density at radius 2 is 1.39 bits per heavy atom. The molecule has 0 bridgehead atoms. The zero-order chi connectivity index (χ0) is 25.8. The maximum atomic E-state index is 13.6. The van der Waals surface area contributed by atoms with E-state index < -0.39 is 0 Å². The molecule has 190 valence electrons. The van der Waals surface area contributed by atoms with Gasteiger partial charge in [-0.1, -0.05) is 72.8 Å². The van der Waals surface area contributed by atoms with Gasteiger partial charge in [0, 0.05) is 23.9 Å². The highest BCUT2D eigenvalue weighted by Gasteiger charge is 2.44. The molecule has 3 aromatic carbocycles. The van der Waals surface area contributed by atoms with E-state index in [9.17, 15) is 4.79 Å². The molecule has 1 heterocycles. The molecular weight excluding hydrogens is 446 g/mol. The van der Waals surface area contributed by atoms with Gasteiger partial charge in [-0.2, -0.15) is 0 Å². The fourth-order valence-corrected chi connectivity index (χ4v) is 5.33. The number of benzene rings is 3. The van der Waals surface area contributed by atoms with Crippen LogP contribution in [0.15, 0.2) is 84.9 Å². The number of rotatable bonds is 8. The van der Waals surface area contributed by atoms with Crippen molar-refractivity contribution in [2.45, 2.75) is 76.7 Å². The van der Waals surface area contributed by atoms with Crippen LogP contribution < -0.4 is 4.74 Å². The monoisotopic (exact) mass is 485 g/mol. The van der Waals surface area contributed by atoms with E-state index in [0.717, 1.165) is 35.3 Å². The minimum absolute atomic E-state index is 0.0372. The first kappa shape index (κ1) is 26.0. The average molecular weight is 486 g/mol. The number of piperidine rings is 1. The number of hydrogen-bond acceptors (Lipinski definition) is 4. The number of ether oxygens (including phenoxy) is 2. The van der Waals surface area contributed by atoms with Crippen molar-refractivity contribution in [3.05, 3.63) is 102 Å². The van der Waals surface area contributed by atoms with Crippen molar-refractivity contribution in [2.75, 3.05) is 7.05 Å². The first-order valence-corrected chi connectivity index (χ1v) is 12.9. The van der Waals surface area contributed by atoms with Crippen LogP contribution in [-0.2, 0) is 22.6 Å². The Kier molecular flexibility index (Phi) is 7.85. The van der Waals surface area contributed by atoms with E-state index >= 15 is 0 Å². The number of carbonyl (C=O) groups excluding carboxylic acids is 1. The predicted octanol–water partition coefficient (Wildman–Crippen LogP) is 6.79. The second-order valence-electron chi connectivity index (χ2n) is 11.2. The predicted molar refractivity (Wildman–Crippen MR) is 145 cm³/mol. The third-order valence-electron chi connectivity index (χ3n) is 7.65.